The van der Waals surface area contributed by atoms with Crippen LogP contribution in [0.1, 0.15) is 5.89 Å². The van der Waals surface area contributed by atoms with Gasteiger partial charge in [-0.1, -0.05) is 21.1 Å². The molecule has 5 nitrogen and oxygen atoms in total. The lowest BCUT2D eigenvalue weighted by atomic mass is 10.2. The number of rotatable bonds is 6. The minimum absolute atomic E-state index is 0.501. The van der Waals surface area contributed by atoms with E-state index in [4.69, 9.17) is 14.0 Å². The topological polar surface area (TPSA) is 57.4 Å². The van der Waals surface area contributed by atoms with Crippen LogP contribution < -0.4 is 9.47 Å². The van der Waals surface area contributed by atoms with Gasteiger partial charge in [-0.15, -0.1) is 11.8 Å². The molecular weight excluding hydrogens is 392 g/mol. The zero-order valence-electron chi connectivity index (χ0n) is 13.2. The maximum Gasteiger partial charge on any atom is 0.237 e. The standard InChI is InChI=1S/C17H15BrN2O3S/c1-21-12-5-8-14(15(9-12)22-2)17-19-16(23-20-17)10-24-13-6-3-11(18)4-7-13/h3-9H,10H2,1-2H3. The Morgan fingerprint density at radius 3 is 2.58 bits per heavy atom. The van der Waals surface area contributed by atoms with E-state index < -0.39 is 0 Å². The molecule has 3 aromatic rings. The van der Waals surface area contributed by atoms with Crippen molar-refractivity contribution >= 4 is 27.7 Å². The average molecular weight is 407 g/mol. The normalized spacial score (nSPS) is 10.6. The van der Waals surface area contributed by atoms with Crippen molar-refractivity contribution in [1.82, 2.24) is 10.1 Å². The summed E-state index contributed by atoms with van der Waals surface area (Å²) in [5, 5.41) is 4.05. The van der Waals surface area contributed by atoms with Gasteiger partial charge >= 0.3 is 0 Å². The predicted molar refractivity (Wildman–Crippen MR) is 96.5 cm³/mol. The molecular formula is C17H15BrN2O3S. The van der Waals surface area contributed by atoms with Crippen LogP contribution in [0.2, 0.25) is 0 Å². The number of ether oxygens (including phenoxy) is 2. The van der Waals surface area contributed by atoms with Gasteiger partial charge in [0.25, 0.3) is 0 Å². The Labute approximate surface area is 152 Å². The molecule has 0 spiro atoms. The first-order chi connectivity index (χ1) is 11.7. The minimum Gasteiger partial charge on any atom is -0.497 e. The minimum atomic E-state index is 0.501. The Morgan fingerprint density at radius 1 is 1.08 bits per heavy atom. The van der Waals surface area contributed by atoms with Gasteiger partial charge in [0.15, 0.2) is 0 Å². The quantitative estimate of drug-likeness (QED) is 0.547. The summed E-state index contributed by atoms with van der Waals surface area (Å²) in [6.45, 7) is 0. The fraction of sp³-hybridized carbons (Fsp3) is 0.176. The summed E-state index contributed by atoms with van der Waals surface area (Å²) in [6, 6.07) is 13.6. The highest BCUT2D eigenvalue weighted by molar-refractivity contribution is 9.10. The lowest BCUT2D eigenvalue weighted by Gasteiger charge is -2.07. The van der Waals surface area contributed by atoms with Crippen LogP contribution in [0, 0.1) is 0 Å². The van der Waals surface area contributed by atoms with E-state index in [-0.39, 0.29) is 0 Å². The number of aromatic nitrogens is 2. The fourth-order valence-electron chi connectivity index (χ4n) is 2.08. The van der Waals surface area contributed by atoms with Crippen molar-refractivity contribution in [2.75, 3.05) is 14.2 Å². The van der Waals surface area contributed by atoms with Crippen molar-refractivity contribution in [2.45, 2.75) is 10.6 Å². The van der Waals surface area contributed by atoms with E-state index in [2.05, 4.69) is 26.1 Å². The van der Waals surface area contributed by atoms with Crippen LogP contribution in [0.25, 0.3) is 11.4 Å². The van der Waals surface area contributed by atoms with Gasteiger partial charge in [-0.05, 0) is 36.4 Å². The van der Waals surface area contributed by atoms with E-state index in [0.717, 1.165) is 14.9 Å². The molecule has 1 aromatic heterocycles. The first-order valence-electron chi connectivity index (χ1n) is 7.13. The molecule has 0 atom stereocenters. The first kappa shape index (κ1) is 16.9. The zero-order valence-corrected chi connectivity index (χ0v) is 15.6. The van der Waals surface area contributed by atoms with Crippen LogP contribution in [0.3, 0.4) is 0 Å². The number of nitrogens with zero attached hydrogens (tertiary/aromatic N) is 2. The van der Waals surface area contributed by atoms with Crippen molar-refractivity contribution in [3.8, 4) is 22.9 Å². The van der Waals surface area contributed by atoms with Gasteiger partial charge in [-0.3, -0.25) is 0 Å². The third-order valence-electron chi connectivity index (χ3n) is 3.29. The largest absolute Gasteiger partial charge is 0.497 e. The highest BCUT2D eigenvalue weighted by Crippen LogP contribution is 2.32. The molecule has 124 valence electrons. The fourth-order valence-corrected chi connectivity index (χ4v) is 3.08. The summed E-state index contributed by atoms with van der Waals surface area (Å²) in [5.41, 5.74) is 0.766. The Balaban J connectivity index is 1.74. The van der Waals surface area contributed by atoms with Crippen molar-refractivity contribution in [2.24, 2.45) is 0 Å². The summed E-state index contributed by atoms with van der Waals surface area (Å²) in [5.74, 6) is 3.02. The predicted octanol–water partition coefficient (Wildman–Crippen LogP) is 4.81. The van der Waals surface area contributed by atoms with Crippen LogP contribution in [0.15, 0.2) is 56.4 Å². The van der Waals surface area contributed by atoms with Crippen molar-refractivity contribution in [3.05, 3.63) is 52.8 Å². The van der Waals surface area contributed by atoms with Gasteiger partial charge in [0.05, 0.1) is 25.5 Å². The number of hydrogen-bond acceptors (Lipinski definition) is 6. The average Bonchev–Trinajstić information content (AvgIpc) is 3.09. The number of thioether (sulfide) groups is 1. The summed E-state index contributed by atoms with van der Waals surface area (Å²) in [4.78, 5) is 5.59. The van der Waals surface area contributed by atoms with Gasteiger partial charge in [0, 0.05) is 15.4 Å². The van der Waals surface area contributed by atoms with E-state index in [1.54, 1.807) is 32.0 Å². The second-order valence-electron chi connectivity index (χ2n) is 4.82. The Morgan fingerprint density at radius 2 is 1.88 bits per heavy atom. The van der Waals surface area contributed by atoms with Gasteiger partial charge in [0.2, 0.25) is 11.7 Å². The molecule has 0 saturated carbocycles. The molecule has 0 amide bonds. The number of halogens is 1. The highest BCUT2D eigenvalue weighted by Gasteiger charge is 2.14. The summed E-state index contributed by atoms with van der Waals surface area (Å²) >= 11 is 5.06. The van der Waals surface area contributed by atoms with Gasteiger partial charge in [-0.2, -0.15) is 4.98 Å². The van der Waals surface area contributed by atoms with E-state index in [0.29, 0.717) is 29.0 Å². The van der Waals surface area contributed by atoms with Crippen LogP contribution in [0.5, 0.6) is 11.5 Å². The molecule has 0 N–H and O–H groups in total. The first-order valence-corrected chi connectivity index (χ1v) is 8.91. The molecule has 0 aliphatic heterocycles. The van der Waals surface area contributed by atoms with Crippen molar-refractivity contribution in [3.63, 3.8) is 0 Å². The SMILES string of the molecule is COc1ccc(-c2noc(CSc3ccc(Br)cc3)n2)c(OC)c1. The number of hydrogen-bond donors (Lipinski definition) is 0. The Kier molecular flexibility index (Phi) is 5.42. The molecule has 0 radical (unpaired) electrons. The van der Waals surface area contributed by atoms with E-state index in [1.807, 2.05) is 36.4 Å². The maximum absolute atomic E-state index is 5.38. The molecule has 3 rings (SSSR count). The van der Waals surface area contributed by atoms with E-state index in [1.165, 1.54) is 0 Å². The number of methoxy groups -OCH3 is 2. The van der Waals surface area contributed by atoms with Gasteiger partial charge < -0.3 is 14.0 Å². The van der Waals surface area contributed by atoms with Crippen molar-refractivity contribution < 1.29 is 14.0 Å². The molecule has 0 saturated heterocycles. The second-order valence-corrected chi connectivity index (χ2v) is 6.78. The summed E-state index contributed by atoms with van der Waals surface area (Å²) in [7, 11) is 3.21. The summed E-state index contributed by atoms with van der Waals surface area (Å²) < 4.78 is 17.0. The molecule has 1 heterocycles. The molecule has 0 aliphatic rings. The lowest BCUT2D eigenvalue weighted by molar-refractivity contribution is 0.388. The second kappa shape index (κ2) is 7.72. The van der Waals surface area contributed by atoms with Crippen molar-refractivity contribution in [1.29, 1.82) is 0 Å². The Bertz CT molecular complexity index is 821. The molecule has 0 aliphatic carbocycles. The van der Waals surface area contributed by atoms with Crippen LogP contribution in [-0.2, 0) is 5.75 Å². The molecule has 2 aromatic carbocycles. The van der Waals surface area contributed by atoms with E-state index >= 15 is 0 Å². The van der Waals surface area contributed by atoms with Gasteiger partial charge in [-0.25, -0.2) is 0 Å². The zero-order chi connectivity index (χ0) is 16.9. The monoisotopic (exact) mass is 406 g/mol. The highest BCUT2D eigenvalue weighted by atomic mass is 79.9. The molecule has 0 bridgehead atoms. The van der Waals surface area contributed by atoms with Gasteiger partial charge in [0.1, 0.15) is 11.5 Å². The Hall–Kier alpha value is -1.99. The number of benzene rings is 2. The van der Waals surface area contributed by atoms with Crippen LogP contribution >= 0.6 is 27.7 Å². The molecule has 0 unspecified atom stereocenters. The smallest absolute Gasteiger partial charge is 0.237 e. The third kappa shape index (κ3) is 3.91. The lowest BCUT2D eigenvalue weighted by Crippen LogP contribution is -1.91. The summed E-state index contributed by atoms with van der Waals surface area (Å²) in [6.07, 6.45) is 0. The maximum atomic E-state index is 5.38. The van der Waals surface area contributed by atoms with Crippen LogP contribution in [0.4, 0.5) is 0 Å². The van der Waals surface area contributed by atoms with E-state index in [9.17, 15) is 0 Å². The molecule has 7 heteroatoms. The molecule has 0 fully saturated rings. The third-order valence-corrected chi connectivity index (χ3v) is 4.82. The molecule has 24 heavy (non-hydrogen) atoms. The van der Waals surface area contributed by atoms with Crippen LogP contribution in [-0.4, -0.2) is 24.4 Å².